The molecule has 1 atom stereocenters. The average molecular weight is 285 g/mol. The maximum atomic E-state index is 13.3. The molecule has 0 fully saturated rings. The second kappa shape index (κ2) is 7.60. The summed E-state index contributed by atoms with van der Waals surface area (Å²) in [5.41, 5.74) is 7.71. The highest BCUT2D eigenvalue weighted by molar-refractivity contribution is 5.48. The lowest BCUT2D eigenvalue weighted by molar-refractivity contribution is 0.357. The van der Waals surface area contributed by atoms with Crippen molar-refractivity contribution in [1.29, 1.82) is 0 Å². The van der Waals surface area contributed by atoms with Crippen LogP contribution in [0.25, 0.3) is 6.08 Å². The fraction of sp³-hybridized carbons (Fsp3) is 0.222. The van der Waals surface area contributed by atoms with Crippen molar-refractivity contribution < 1.29 is 9.13 Å². The van der Waals surface area contributed by atoms with Crippen LogP contribution in [0.2, 0.25) is 0 Å². The molecule has 0 bridgehead atoms. The Balaban J connectivity index is 1.98. The van der Waals surface area contributed by atoms with Gasteiger partial charge in [-0.2, -0.15) is 0 Å². The highest BCUT2D eigenvalue weighted by atomic mass is 19.1. The van der Waals surface area contributed by atoms with E-state index in [1.54, 1.807) is 6.07 Å². The van der Waals surface area contributed by atoms with Gasteiger partial charge >= 0.3 is 0 Å². The molecule has 2 aromatic rings. The lowest BCUT2D eigenvalue weighted by Crippen LogP contribution is -2.18. The third kappa shape index (κ3) is 5.04. The Morgan fingerprint density at radius 3 is 2.67 bits per heavy atom. The number of nitrogens with two attached hydrogens (primary N) is 1. The van der Waals surface area contributed by atoms with Crippen LogP contribution in [0.15, 0.2) is 54.6 Å². The van der Waals surface area contributed by atoms with Gasteiger partial charge in [0.1, 0.15) is 18.2 Å². The van der Waals surface area contributed by atoms with Crippen LogP contribution in [0.1, 0.15) is 18.1 Å². The monoisotopic (exact) mass is 285 g/mol. The molecule has 2 N–H and O–H groups in total. The SMILES string of the molecule is CC(N)Cc1cc(F)ccc1OC/C=C/c1ccccc1. The van der Waals surface area contributed by atoms with Crippen molar-refractivity contribution in [2.24, 2.45) is 5.73 Å². The van der Waals surface area contributed by atoms with Crippen LogP contribution in [0.4, 0.5) is 4.39 Å². The summed E-state index contributed by atoms with van der Waals surface area (Å²) in [4.78, 5) is 0. The minimum absolute atomic E-state index is 0.0333. The minimum Gasteiger partial charge on any atom is -0.489 e. The molecule has 0 aliphatic heterocycles. The van der Waals surface area contributed by atoms with Gasteiger partial charge in [-0.25, -0.2) is 4.39 Å². The van der Waals surface area contributed by atoms with E-state index in [1.807, 2.05) is 49.4 Å². The first-order chi connectivity index (χ1) is 10.1. The van der Waals surface area contributed by atoms with E-state index < -0.39 is 0 Å². The Labute approximate surface area is 125 Å². The second-order valence-electron chi connectivity index (χ2n) is 5.06. The zero-order valence-electron chi connectivity index (χ0n) is 12.1. The lowest BCUT2D eigenvalue weighted by atomic mass is 10.1. The van der Waals surface area contributed by atoms with E-state index in [-0.39, 0.29) is 11.9 Å². The van der Waals surface area contributed by atoms with Gasteiger partial charge in [-0.3, -0.25) is 0 Å². The van der Waals surface area contributed by atoms with Crippen LogP contribution in [0.3, 0.4) is 0 Å². The first-order valence-electron chi connectivity index (χ1n) is 7.03. The van der Waals surface area contributed by atoms with Gasteiger partial charge < -0.3 is 10.5 Å². The molecule has 2 rings (SSSR count). The molecule has 110 valence electrons. The maximum absolute atomic E-state index is 13.3. The smallest absolute Gasteiger partial charge is 0.123 e. The van der Waals surface area contributed by atoms with Crippen LogP contribution >= 0.6 is 0 Å². The van der Waals surface area contributed by atoms with E-state index in [2.05, 4.69) is 0 Å². The molecule has 1 unspecified atom stereocenters. The number of hydrogen-bond donors (Lipinski definition) is 1. The van der Waals surface area contributed by atoms with Gasteiger partial charge in [0.05, 0.1) is 0 Å². The Morgan fingerprint density at radius 2 is 1.95 bits per heavy atom. The van der Waals surface area contributed by atoms with Gasteiger partial charge in [-0.05, 0) is 48.7 Å². The van der Waals surface area contributed by atoms with Crippen LogP contribution in [0, 0.1) is 5.82 Å². The number of ether oxygens (including phenoxy) is 1. The third-order valence-corrected chi connectivity index (χ3v) is 3.01. The molecule has 0 saturated heterocycles. The fourth-order valence-electron chi connectivity index (χ4n) is 2.08. The summed E-state index contributed by atoms with van der Waals surface area (Å²) in [6, 6.07) is 14.5. The van der Waals surface area contributed by atoms with Gasteiger partial charge in [0.2, 0.25) is 0 Å². The molecule has 0 radical (unpaired) electrons. The van der Waals surface area contributed by atoms with Crippen molar-refractivity contribution >= 4 is 6.08 Å². The molecule has 0 heterocycles. The van der Waals surface area contributed by atoms with E-state index in [0.29, 0.717) is 18.8 Å². The number of benzene rings is 2. The first-order valence-corrected chi connectivity index (χ1v) is 7.03. The zero-order chi connectivity index (χ0) is 15.1. The van der Waals surface area contributed by atoms with E-state index in [4.69, 9.17) is 10.5 Å². The predicted octanol–water partition coefficient (Wildman–Crippen LogP) is 3.81. The Bertz CT molecular complexity index is 593. The number of halogens is 1. The molecular weight excluding hydrogens is 265 g/mol. The van der Waals surface area contributed by atoms with Crippen molar-refractivity contribution in [2.75, 3.05) is 6.61 Å². The Hall–Kier alpha value is -2.13. The largest absolute Gasteiger partial charge is 0.489 e. The third-order valence-electron chi connectivity index (χ3n) is 3.01. The van der Waals surface area contributed by atoms with Gasteiger partial charge in [-0.1, -0.05) is 36.4 Å². The molecule has 0 aliphatic rings. The van der Waals surface area contributed by atoms with E-state index >= 15 is 0 Å². The lowest BCUT2D eigenvalue weighted by Gasteiger charge is -2.12. The maximum Gasteiger partial charge on any atom is 0.123 e. The summed E-state index contributed by atoms with van der Waals surface area (Å²) in [6.07, 6.45) is 4.53. The molecule has 0 amide bonds. The van der Waals surface area contributed by atoms with E-state index in [0.717, 1.165) is 11.1 Å². The van der Waals surface area contributed by atoms with Crippen molar-refractivity contribution in [3.8, 4) is 5.75 Å². The summed E-state index contributed by atoms with van der Waals surface area (Å²) >= 11 is 0. The quantitative estimate of drug-likeness (QED) is 0.876. The topological polar surface area (TPSA) is 35.2 Å². The van der Waals surface area contributed by atoms with Crippen molar-refractivity contribution in [3.63, 3.8) is 0 Å². The average Bonchev–Trinajstić information content (AvgIpc) is 2.46. The van der Waals surface area contributed by atoms with Gasteiger partial charge in [0.25, 0.3) is 0 Å². The van der Waals surface area contributed by atoms with Crippen molar-refractivity contribution in [1.82, 2.24) is 0 Å². The first kappa shape index (κ1) is 15.3. The molecular formula is C18H20FNO. The van der Waals surface area contributed by atoms with Crippen LogP contribution in [-0.2, 0) is 6.42 Å². The molecule has 21 heavy (non-hydrogen) atoms. The standard InChI is InChI=1S/C18H20FNO/c1-14(20)12-16-13-17(19)9-10-18(16)21-11-5-8-15-6-3-2-4-7-15/h2-10,13-14H,11-12,20H2,1H3/b8-5+. The van der Waals surface area contributed by atoms with Crippen molar-refractivity contribution in [3.05, 3.63) is 71.6 Å². The number of rotatable bonds is 6. The van der Waals surface area contributed by atoms with Crippen LogP contribution in [-0.4, -0.2) is 12.6 Å². The summed E-state index contributed by atoms with van der Waals surface area (Å²) in [7, 11) is 0. The fourth-order valence-corrected chi connectivity index (χ4v) is 2.08. The molecule has 0 saturated carbocycles. The molecule has 2 nitrogen and oxygen atoms in total. The summed E-state index contributed by atoms with van der Waals surface area (Å²) in [5, 5.41) is 0. The molecule has 2 aromatic carbocycles. The Morgan fingerprint density at radius 1 is 1.19 bits per heavy atom. The Kier molecular flexibility index (Phi) is 5.52. The minimum atomic E-state index is -0.266. The predicted molar refractivity (Wildman–Crippen MR) is 84.7 cm³/mol. The summed E-state index contributed by atoms with van der Waals surface area (Å²) in [5.74, 6) is 0.421. The van der Waals surface area contributed by atoms with Gasteiger partial charge in [-0.15, -0.1) is 0 Å². The molecule has 0 spiro atoms. The van der Waals surface area contributed by atoms with Crippen LogP contribution in [0.5, 0.6) is 5.75 Å². The van der Waals surface area contributed by atoms with Crippen LogP contribution < -0.4 is 10.5 Å². The number of hydrogen-bond acceptors (Lipinski definition) is 2. The molecule has 0 aliphatic carbocycles. The molecule has 3 heteroatoms. The highest BCUT2D eigenvalue weighted by Crippen LogP contribution is 2.21. The normalized spacial score (nSPS) is 12.5. The van der Waals surface area contributed by atoms with Crippen molar-refractivity contribution in [2.45, 2.75) is 19.4 Å². The van der Waals surface area contributed by atoms with Gasteiger partial charge in [0.15, 0.2) is 0 Å². The summed E-state index contributed by atoms with van der Waals surface area (Å²) in [6.45, 7) is 2.33. The van der Waals surface area contributed by atoms with Gasteiger partial charge in [0, 0.05) is 6.04 Å². The second-order valence-corrected chi connectivity index (χ2v) is 5.06. The van der Waals surface area contributed by atoms with E-state index in [1.165, 1.54) is 12.1 Å². The highest BCUT2D eigenvalue weighted by Gasteiger charge is 2.07. The van der Waals surface area contributed by atoms with E-state index in [9.17, 15) is 4.39 Å². The molecule has 0 aromatic heterocycles. The summed E-state index contributed by atoms with van der Waals surface area (Å²) < 4.78 is 19.0. The zero-order valence-corrected chi connectivity index (χ0v) is 12.1.